The van der Waals surface area contributed by atoms with Gasteiger partial charge in [0.25, 0.3) is 5.91 Å². The predicted octanol–water partition coefficient (Wildman–Crippen LogP) is 2.21. The highest BCUT2D eigenvalue weighted by molar-refractivity contribution is 6.34. The number of amides is 2. The van der Waals surface area contributed by atoms with E-state index in [9.17, 15) is 9.59 Å². The smallest absolute Gasteiger partial charge is 0.255 e. The van der Waals surface area contributed by atoms with Crippen LogP contribution in [0, 0.1) is 0 Å². The zero-order valence-corrected chi connectivity index (χ0v) is 14.6. The van der Waals surface area contributed by atoms with E-state index in [0.717, 1.165) is 25.9 Å². The summed E-state index contributed by atoms with van der Waals surface area (Å²) in [5, 5.41) is 9.14. The van der Waals surface area contributed by atoms with Crippen molar-refractivity contribution in [3.05, 3.63) is 22.7 Å². The molecule has 0 atom stereocenters. The largest absolute Gasteiger partial charge is 0.496 e. The third-order valence-corrected chi connectivity index (χ3v) is 3.83. The van der Waals surface area contributed by atoms with Crippen LogP contribution < -0.4 is 20.7 Å². The van der Waals surface area contributed by atoms with Gasteiger partial charge < -0.3 is 20.7 Å². The summed E-state index contributed by atoms with van der Waals surface area (Å²) in [6.45, 7) is 3.18. The van der Waals surface area contributed by atoms with Crippen LogP contribution in [-0.4, -0.2) is 38.1 Å². The van der Waals surface area contributed by atoms with Crippen LogP contribution in [0.15, 0.2) is 12.1 Å². The van der Waals surface area contributed by atoms with E-state index in [4.69, 9.17) is 16.3 Å². The molecule has 0 bridgehead atoms. The summed E-state index contributed by atoms with van der Waals surface area (Å²) in [6.07, 6.45) is 1.79. The zero-order chi connectivity index (χ0) is 16.1. The number of halogens is 2. The number of anilines is 1. The van der Waals surface area contributed by atoms with E-state index < -0.39 is 0 Å². The van der Waals surface area contributed by atoms with Crippen LogP contribution >= 0.6 is 24.0 Å². The summed E-state index contributed by atoms with van der Waals surface area (Å²) in [7, 11) is 1.47. The van der Waals surface area contributed by atoms with Gasteiger partial charge in [-0.05, 0) is 32.0 Å². The van der Waals surface area contributed by atoms with Crippen molar-refractivity contribution in [2.45, 2.75) is 25.8 Å². The van der Waals surface area contributed by atoms with E-state index in [2.05, 4.69) is 16.0 Å². The van der Waals surface area contributed by atoms with E-state index in [1.54, 1.807) is 6.07 Å². The second-order valence-electron chi connectivity index (χ2n) is 5.21. The second kappa shape index (κ2) is 8.96. The Kier molecular flexibility index (Phi) is 7.61. The van der Waals surface area contributed by atoms with Crippen molar-refractivity contribution in [1.82, 2.24) is 10.6 Å². The van der Waals surface area contributed by atoms with Gasteiger partial charge in [0.2, 0.25) is 5.91 Å². The molecule has 6 nitrogen and oxygen atoms in total. The van der Waals surface area contributed by atoms with Gasteiger partial charge in [-0.1, -0.05) is 11.6 Å². The Morgan fingerprint density at radius 3 is 2.52 bits per heavy atom. The average Bonchev–Trinajstić information content (AvgIpc) is 2.49. The zero-order valence-electron chi connectivity index (χ0n) is 13.1. The third-order valence-electron chi connectivity index (χ3n) is 3.52. The van der Waals surface area contributed by atoms with Crippen molar-refractivity contribution in [2.24, 2.45) is 0 Å². The molecular formula is C15H21Cl2N3O3. The first kappa shape index (κ1) is 19.5. The predicted molar refractivity (Wildman–Crippen MR) is 92.9 cm³/mol. The van der Waals surface area contributed by atoms with E-state index in [1.165, 1.54) is 20.1 Å². The molecule has 2 amide bonds. The minimum Gasteiger partial charge on any atom is -0.496 e. The molecule has 0 unspecified atom stereocenters. The SMILES string of the molecule is COc1cc(NC(C)=O)c(Cl)cc1C(=O)NC1CCNCC1.Cl. The minimum absolute atomic E-state index is 0. The van der Waals surface area contributed by atoms with Crippen LogP contribution in [0.1, 0.15) is 30.1 Å². The molecule has 1 fully saturated rings. The summed E-state index contributed by atoms with van der Waals surface area (Å²) in [5.41, 5.74) is 0.782. The molecule has 8 heteroatoms. The second-order valence-corrected chi connectivity index (χ2v) is 5.62. The van der Waals surface area contributed by atoms with Crippen LogP contribution in [0.3, 0.4) is 0 Å². The van der Waals surface area contributed by atoms with Gasteiger partial charge in [-0.2, -0.15) is 0 Å². The van der Waals surface area contributed by atoms with Crippen molar-refractivity contribution in [3.8, 4) is 5.75 Å². The van der Waals surface area contributed by atoms with Crippen molar-refractivity contribution in [1.29, 1.82) is 0 Å². The number of ether oxygens (including phenoxy) is 1. The lowest BCUT2D eigenvalue weighted by Crippen LogP contribution is -2.42. The summed E-state index contributed by atoms with van der Waals surface area (Å²) in [5.74, 6) is -0.0875. The Morgan fingerprint density at radius 1 is 1.30 bits per heavy atom. The normalized spacial score (nSPS) is 14.6. The first-order valence-corrected chi connectivity index (χ1v) is 7.55. The van der Waals surface area contributed by atoms with Gasteiger partial charge in [-0.3, -0.25) is 9.59 Å². The summed E-state index contributed by atoms with van der Waals surface area (Å²) in [6, 6.07) is 3.22. The van der Waals surface area contributed by atoms with Gasteiger partial charge in [0.05, 0.1) is 23.4 Å². The first-order valence-electron chi connectivity index (χ1n) is 7.18. The lowest BCUT2D eigenvalue weighted by Gasteiger charge is -2.24. The van der Waals surface area contributed by atoms with Crippen LogP contribution in [0.25, 0.3) is 0 Å². The molecule has 1 aliphatic rings. The van der Waals surface area contributed by atoms with Gasteiger partial charge in [-0.15, -0.1) is 12.4 Å². The van der Waals surface area contributed by atoms with Gasteiger partial charge >= 0.3 is 0 Å². The maximum absolute atomic E-state index is 12.4. The molecule has 1 saturated heterocycles. The number of benzene rings is 1. The van der Waals surface area contributed by atoms with Crippen molar-refractivity contribution in [3.63, 3.8) is 0 Å². The Morgan fingerprint density at radius 2 is 1.96 bits per heavy atom. The third kappa shape index (κ3) is 5.27. The standard InChI is InChI=1S/C15H20ClN3O3.ClH/c1-9(20)18-13-8-14(22-2)11(7-12(13)16)15(21)19-10-3-5-17-6-4-10;/h7-8,10,17H,3-6H2,1-2H3,(H,18,20)(H,19,21);1H. The highest BCUT2D eigenvalue weighted by atomic mass is 35.5. The van der Waals surface area contributed by atoms with E-state index in [1.807, 2.05) is 0 Å². The number of piperidine rings is 1. The molecule has 1 aromatic rings. The molecule has 23 heavy (non-hydrogen) atoms. The van der Waals surface area contributed by atoms with Gasteiger partial charge in [0.1, 0.15) is 5.75 Å². The lowest BCUT2D eigenvalue weighted by atomic mass is 10.1. The molecule has 1 aliphatic heterocycles. The number of hydrogen-bond acceptors (Lipinski definition) is 4. The van der Waals surface area contributed by atoms with Gasteiger partial charge in [0.15, 0.2) is 0 Å². The number of carbonyl (C=O) groups is 2. The molecule has 0 saturated carbocycles. The van der Waals surface area contributed by atoms with Crippen LogP contribution in [0.4, 0.5) is 5.69 Å². The van der Waals surface area contributed by atoms with E-state index >= 15 is 0 Å². The molecule has 0 radical (unpaired) electrons. The molecule has 0 aliphatic carbocycles. The number of methoxy groups -OCH3 is 1. The molecule has 2 rings (SSSR count). The quantitative estimate of drug-likeness (QED) is 0.767. The van der Waals surface area contributed by atoms with E-state index in [-0.39, 0.29) is 30.3 Å². The number of hydrogen-bond donors (Lipinski definition) is 3. The summed E-state index contributed by atoms with van der Waals surface area (Å²) < 4.78 is 5.25. The highest BCUT2D eigenvalue weighted by Crippen LogP contribution is 2.31. The maximum atomic E-state index is 12.4. The molecule has 0 aromatic heterocycles. The molecule has 3 N–H and O–H groups in total. The van der Waals surface area contributed by atoms with Gasteiger partial charge in [-0.25, -0.2) is 0 Å². The summed E-state index contributed by atoms with van der Waals surface area (Å²) >= 11 is 6.13. The number of rotatable bonds is 4. The Labute approximate surface area is 146 Å². The van der Waals surface area contributed by atoms with Gasteiger partial charge in [0, 0.05) is 19.0 Å². The fraction of sp³-hybridized carbons (Fsp3) is 0.467. The maximum Gasteiger partial charge on any atom is 0.255 e. The lowest BCUT2D eigenvalue weighted by molar-refractivity contribution is -0.114. The van der Waals surface area contributed by atoms with Crippen molar-refractivity contribution in [2.75, 3.05) is 25.5 Å². The van der Waals surface area contributed by atoms with Crippen molar-refractivity contribution >= 4 is 41.5 Å². The van der Waals surface area contributed by atoms with Crippen LogP contribution in [0.5, 0.6) is 5.75 Å². The van der Waals surface area contributed by atoms with E-state index in [0.29, 0.717) is 22.0 Å². The Bertz CT molecular complexity index is 575. The highest BCUT2D eigenvalue weighted by Gasteiger charge is 2.20. The fourth-order valence-corrected chi connectivity index (χ4v) is 2.63. The first-order chi connectivity index (χ1) is 10.5. The molecular weight excluding hydrogens is 341 g/mol. The molecule has 0 spiro atoms. The van der Waals surface area contributed by atoms with Crippen LogP contribution in [0.2, 0.25) is 5.02 Å². The van der Waals surface area contributed by atoms with Crippen molar-refractivity contribution < 1.29 is 14.3 Å². The van der Waals surface area contributed by atoms with Crippen LogP contribution in [-0.2, 0) is 4.79 Å². The Hall–Kier alpha value is -1.50. The molecule has 1 aromatic carbocycles. The average molecular weight is 362 g/mol. The fourth-order valence-electron chi connectivity index (χ4n) is 2.41. The number of carbonyl (C=O) groups excluding carboxylic acids is 2. The number of nitrogens with one attached hydrogen (secondary N) is 3. The Balaban J connectivity index is 0.00000264. The minimum atomic E-state index is -0.240. The summed E-state index contributed by atoms with van der Waals surface area (Å²) in [4.78, 5) is 23.6. The molecule has 1 heterocycles. The molecule has 128 valence electrons. The topological polar surface area (TPSA) is 79.5 Å². The monoisotopic (exact) mass is 361 g/mol.